The van der Waals surface area contributed by atoms with E-state index in [-0.39, 0.29) is 11.7 Å². The van der Waals surface area contributed by atoms with Crippen molar-refractivity contribution in [3.8, 4) is 0 Å². The maximum atomic E-state index is 11.1. The van der Waals surface area contributed by atoms with Crippen molar-refractivity contribution in [2.75, 3.05) is 12.9 Å². The molecule has 0 saturated carbocycles. The zero-order chi connectivity index (χ0) is 13.7. The highest BCUT2D eigenvalue weighted by Crippen LogP contribution is 2.18. The molecule has 0 bridgehead atoms. The van der Waals surface area contributed by atoms with Crippen molar-refractivity contribution in [1.82, 2.24) is 9.97 Å². The van der Waals surface area contributed by atoms with E-state index in [1.165, 1.54) is 24.4 Å². The third-order valence-electron chi connectivity index (χ3n) is 2.73. The Morgan fingerprint density at radius 1 is 1.37 bits per heavy atom. The normalized spacial score (nSPS) is 10.4. The summed E-state index contributed by atoms with van der Waals surface area (Å²) in [4.78, 5) is 18.8. The summed E-state index contributed by atoms with van der Waals surface area (Å²) >= 11 is 1.36. The first-order chi connectivity index (χ1) is 9.19. The summed E-state index contributed by atoms with van der Waals surface area (Å²) in [5.41, 5.74) is 3.27. The van der Waals surface area contributed by atoms with Gasteiger partial charge in [0, 0.05) is 12.1 Å². The maximum Gasteiger partial charge on any atom is 0.316 e. The number of imidazole rings is 1. The number of hydrogen-bond donors (Lipinski definition) is 1. The minimum absolute atomic E-state index is 0.247. The molecule has 5 heteroatoms. The number of aromatic nitrogens is 2. The van der Waals surface area contributed by atoms with E-state index in [2.05, 4.69) is 26.8 Å². The molecular formula is C14H16N2O2S. The lowest BCUT2D eigenvalue weighted by molar-refractivity contribution is -0.137. The summed E-state index contributed by atoms with van der Waals surface area (Å²) in [6.45, 7) is 1.99. The van der Waals surface area contributed by atoms with Crippen molar-refractivity contribution in [2.45, 2.75) is 18.5 Å². The van der Waals surface area contributed by atoms with Gasteiger partial charge in [-0.15, -0.1) is 0 Å². The molecule has 1 heterocycles. The Kier molecular flexibility index (Phi) is 4.63. The summed E-state index contributed by atoms with van der Waals surface area (Å²) < 4.78 is 4.60. The predicted octanol–water partition coefficient (Wildman–Crippen LogP) is 2.57. The fourth-order valence-corrected chi connectivity index (χ4v) is 2.46. The Morgan fingerprint density at radius 3 is 2.79 bits per heavy atom. The Hall–Kier alpha value is -1.75. The van der Waals surface area contributed by atoms with Crippen molar-refractivity contribution in [3.63, 3.8) is 0 Å². The monoisotopic (exact) mass is 276 g/mol. The van der Waals surface area contributed by atoms with Crippen molar-refractivity contribution in [1.29, 1.82) is 0 Å². The largest absolute Gasteiger partial charge is 0.468 e. The first-order valence-electron chi connectivity index (χ1n) is 5.98. The molecule has 4 nitrogen and oxygen atoms in total. The van der Waals surface area contributed by atoms with Crippen LogP contribution >= 0.6 is 11.8 Å². The number of carbonyl (C=O) groups is 1. The van der Waals surface area contributed by atoms with Crippen molar-refractivity contribution in [3.05, 3.63) is 47.3 Å². The number of nitrogens with zero attached hydrogens (tertiary/aromatic N) is 1. The van der Waals surface area contributed by atoms with Gasteiger partial charge in [0.25, 0.3) is 0 Å². The number of aryl methyl sites for hydroxylation is 1. The highest BCUT2D eigenvalue weighted by molar-refractivity contribution is 7.99. The first kappa shape index (κ1) is 13.7. The molecule has 1 N–H and O–H groups in total. The molecule has 0 saturated heterocycles. The molecule has 0 atom stereocenters. The summed E-state index contributed by atoms with van der Waals surface area (Å²) in [6.07, 6.45) is 0.794. The highest BCUT2D eigenvalue weighted by Gasteiger charge is 2.09. The van der Waals surface area contributed by atoms with Crippen LogP contribution in [0.5, 0.6) is 0 Å². The van der Waals surface area contributed by atoms with E-state index in [1.54, 1.807) is 0 Å². The lowest BCUT2D eigenvalue weighted by atomic mass is 10.1. The van der Waals surface area contributed by atoms with Gasteiger partial charge in [0.05, 0.1) is 18.6 Å². The van der Waals surface area contributed by atoms with Gasteiger partial charge in [-0.25, -0.2) is 4.98 Å². The molecule has 0 aliphatic heterocycles. The molecule has 1 aromatic heterocycles. The molecule has 0 aliphatic rings. The number of nitrogens with one attached hydrogen (secondary N) is 1. The Balaban J connectivity index is 2.02. The average molecular weight is 276 g/mol. The molecule has 0 unspecified atom stereocenters. The minimum atomic E-state index is -0.247. The van der Waals surface area contributed by atoms with E-state index < -0.39 is 0 Å². The second-order valence-electron chi connectivity index (χ2n) is 4.14. The zero-order valence-electron chi connectivity index (χ0n) is 11.0. The van der Waals surface area contributed by atoms with Gasteiger partial charge in [-0.1, -0.05) is 42.1 Å². The summed E-state index contributed by atoms with van der Waals surface area (Å²) in [5, 5.41) is 0.758. The highest BCUT2D eigenvalue weighted by atomic mass is 32.2. The standard InChI is InChI=1S/C14H16N2O2S/c1-10-12(8-11-6-4-3-5-7-11)16-14(15-10)19-9-13(17)18-2/h3-7H,8-9H2,1-2H3,(H,15,16). The first-order valence-corrected chi connectivity index (χ1v) is 6.96. The summed E-state index contributed by atoms with van der Waals surface area (Å²) in [5.74, 6) is 0.0254. The number of aromatic amines is 1. The van der Waals surface area contributed by atoms with Gasteiger partial charge in [0.1, 0.15) is 0 Å². The minimum Gasteiger partial charge on any atom is -0.468 e. The number of benzene rings is 1. The lowest BCUT2D eigenvalue weighted by Gasteiger charge is -1.98. The number of thioether (sulfide) groups is 1. The van der Waals surface area contributed by atoms with Crippen LogP contribution in [0.2, 0.25) is 0 Å². The molecule has 0 radical (unpaired) electrons. The molecule has 0 amide bonds. The number of hydrogen-bond acceptors (Lipinski definition) is 4. The summed E-state index contributed by atoms with van der Waals surface area (Å²) in [6, 6.07) is 10.2. The van der Waals surface area contributed by atoms with E-state index in [1.807, 2.05) is 25.1 Å². The molecule has 0 spiro atoms. The van der Waals surface area contributed by atoms with Crippen LogP contribution in [0.1, 0.15) is 17.0 Å². The summed E-state index contributed by atoms with van der Waals surface area (Å²) in [7, 11) is 1.39. The van der Waals surface area contributed by atoms with Crippen LogP contribution in [0.3, 0.4) is 0 Å². The van der Waals surface area contributed by atoms with Crippen LogP contribution in [-0.2, 0) is 16.0 Å². The third kappa shape index (κ3) is 3.86. The molecule has 100 valence electrons. The predicted molar refractivity (Wildman–Crippen MR) is 75.3 cm³/mol. The number of esters is 1. The van der Waals surface area contributed by atoms with Crippen LogP contribution in [0.25, 0.3) is 0 Å². The molecule has 0 aliphatic carbocycles. The third-order valence-corrected chi connectivity index (χ3v) is 3.58. The van der Waals surface area contributed by atoms with Gasteiger partial charge < -0.3 is 9.72 Å². The number of methoxy groups -OCH3 is 1. The Bertz CT molecular complexity index is 552. The van der Waals surface area contributed by atoms with E-state index in [9.17, 15) is 4.79 Å². The van der Waals surface area contributed by atoms with Gasteiger partial charge >= 0.3 is 5.97 Å². The van der Waals surface area contributed by atoms with Crippen LogP contribution < -0.4 is 0 Å². The maximum absolute atomic E-state index is 11.1. The van der Waals surface area contributed by atoms with Crippen molar-refractivity contribution >= 4 is 17.7 Å². The van der Waals surface area contributed by atoms with Crippen LogP contribution in [0.15, 0.2) is 35.5 Å². The van der Waals surface area contributed by atoms with Crippen molar-refractivity contribution in [2.24, 2.45) is 0 Å². The Labute approximate surface area is 116 Å². The van der Waals surface area contributed by atoms with Gasteiger partial charge in [-0.05, 0) is 12.5 Å². The average Bonchev–Trinajstić information content (AvgIpc) is 2.78. The topological polar surface area (TPSA) is 55.0 Å². The van der Waals surface area contributed by atoms with Crippen molar-refractivity contribution < 1.29 is 9.53 Å². The second-order valence-corrected chi connectivity index (χ2v) is 5.10. The number of rotatable bonds is 5. The fraction of sp³-hybridized carbons (Fsp3) is 0.286. The van der Waals surface area contributed by atoms with Crippen LogP contribution in [-0.4, -0.2) is 28.8 Å². The molecule has 0 fully saturated rings. The van der Waals surface area contributed by atoms with Gasteiger partial charge in [-0.3, -0.25) is 4.79 Å². The SMILES string of the molecule is COC(=O)CSc1nc(Cc2ccccc2)c(C)[nH]1. The van der Waals surface area contributed by atoms with Gasteiger partial charge in [-0.2, -0.15) is 0 Å². The number of carbonyl (C=O) groups excluding carboxylic acids is 1. The van der Waals surface area contributed by atoms with Gasteiger partial charge in [0.15, 0.2) is 5.16 Å². The number of ether oxygens (including phenoxy) is 1. The fourth-order valence-electron chi connectivity index (χ4n) is 1.68. The van der Waals surface area contributed by atoms with Crippen LogP contribution in [0.4, 0.5) is 0 Å². The van der Waals surface area contributed by atoms with Gasteiger partial charge in [0.2, 0.25) is 0 Å². The van der Waals surface area contributed by atoms with E-state index in [0.29, 0.717) is 0 Å². The second kappa shape index (κ2) is 6.43. The van der Waals surface area contributed by atoms with Crippen LogP contribution in [0, 0.1) is 6.92 Å². The number of H-pyrrole nitrogens is 1. The lowest BCUT2D eigenvalue weighted by Crippen LogP contribution is -2.03. The van der Waals surface area contributed by atoms with E-state index >= 15 is 0 Å². The zero-order valence-corrected chi connectivity index (χ0v) is 11.8. The van der Waals surface area contributed by atoms with E-state index in [0.717, 1.165) is 23.0 Å². The molecule has 2 rings (SSSR count). The molecular weight excluding hydrogens is 260 g/mol. The quantitative estimate of drug-likeness (QED) is 0.673. The Morgan fingerprint density at radius 2 is 2.11 bits per heavy atom. The smallest absolute Gasteiger partial charge is 0.316 e. The van der Waals surface area contributed by atoms with E-state index in [4.69, 9.17) is 0 Å². The molecule has 2 aromatic rings. The molecule has 1 aromatic carbocycles. The molecule has 19 heavy (non-hydrogen) atoms.